The summed E-state index contributed by atoms with van der Waals surface area (Å²) in [5.74, 6) is -0.742. The molecule has 0 atom stereocenters. The topological polar surface area (TPSA) is 26.3 Å². The lowest BCUT2D eigenvalue weighted by Crippen LogP contribution is -2.08. The lowest BCUT2D eigenvalue weighted by molar-refractivity contribution is -0.117. The van der Waals surface area contributed by atoms with Gasteiger partial charge in [-0.15, -0.1) is 0 Å². The number of ketones is 1. The Kier molecular flexibility index (Phi) is 4.45. The summed E-state index contributed by atoms with van der Waals surface area (Å²) >= 11 is 0. The van der Waals surface area contributed by atoms with Crippen LogP contribution in [0.25, 0.3) is 0 Å². The number of carbonyl (C=O) groups excluding carboxylic acids is 1. The van der Waals surface area contributed by atoms with Gasteiger partial charge in [-0.1, -0.05) is 18.2 Å². The molecular formula is C16H14F2O2. The molecule has 0 aliphatic heterocycles. The van der Waals surface area contributed by atoms with E-state index in [0.717, 1.165) is 17.7 Å². The minimum atomic E-state index is -0.687. The first kappa shape index (κ1) is 14.2. The molecular weight excluding hydrogens is 262 g/mol. The van der Waals surface area contributed by atoms with Crippen LogP contribution in [0.1, 0.15) is 11.1 Å². The largest absolute Gasteiger partial charge is 0.497 e. The standard InChI is InChI=1S/C16H14F2O2/c1-20-15-6-2-11(3-7-15)8-14(19)9-12-4-5-13(17)10-16(12)18/h2-7,10H,8-9H2,1H3. The predicted octanol–water partition coefficient (Wildman–Crippen LogP) is 3.33. The molecule has 2 rings (SSSR count). The van der Waals surface area contributed by atoms with Gasteiger partial charge in [0.25, 0.3) is 0 Å². The van der Waals surface area contributed by atoms with Gasteiger partial charge in [0.2, 0.25) is 0 Å². The van der Waals surface area contributed by atoms with E-state index in [0.29, 0.717) is 5.75 Å². The summed E-state index contributed by atoms with van der Waals surface area (Å²) in [6.07, 6.45) is 0.166. The molecule has 0 radical (unpaired) electrons. The third-order valence-corrected chi connectivity index (χ3v) is 2.96. The van der Waals surface area contributed by atoms with Gasteiger partial charge >= 0.3 is 0 Å². The van der Waals surface area contributed by atoms with Gasteiger partial charge in [0.1, 0.15) is 23.2 Å². The highest BCUT2D eigenvalue weighted by atomic mass is 19.1. The summed E-state index contributed by atoms with van der Waals surface area (Å²) < 4.78 is 31.2. The highest BCUT2D eigenvalue weighted by Gasteiger charge is 2.10. The van der Waals surface area contributed by atoms with Gasteiger partial charge in [-0.05, 0) is 29.3 Å². The van der Waals surface area contributed by atoms with Crippen LogP contribution in [-0.4, -0.2) is 12.9 Å². The van der Waals surface area contributed by atoms with E-state index in [2.05, 4.69) is 0 Å². The monoisotopic (exact) mass is 276 g/mol. The number of ether oxygens (including phenoxy) is 1. The van der Waals surface area contributed by atoms with Crippen LogP contribution in [0.2, 0.25) is 0 Å². The summed E-state index contributed by atoms with van der Waals surface area (Å²) in [7, 11) is 1.57. The zero-order chi connectivity index (χ0) is 14.5. The van der Waals surface area contributed by atoms with E-state index in [1.807, 2.05) is 0 Å². The lowest BCUT2D eigenvalue weighted by atomic mass is 10.0. The highest BCUT2D eigenvalue weighted by molar-refractivity contribution is 5.83. The van der Waals surface area contributed by atoms with Crippen molar-refractivity contribution in [1.82, 2.24) is 0 Å². The molecule has 0 amide bonds. The van der Waals surface area contributed by atoms with E-state index >= 15 is 0 Å². The smallest absolute Gasteiger partial charge is 0.141 e. The number of methoxy groups -OCH3 is 1. The summed E-state index contributed by atoms with van der Waals surface area (Å²) in [5, 5.41) is 0. The van der Waals surface area contributed by atoms with Crippen molar-refractivity contribution >= 4 is 5.78 Å². The first-order valence-electron chi connectivity index (χ1n) is 6.17. The fourth-order valence-corrected chi connectivity index (χ4v) is 1.91. The minimum absolute atomic E-state index is 0.0435. The number of halogens is 2. The van der Waals surface area contributed by atoms with Gasteiger partial charge < -0.3 is 4.74 Å². The molecule has 0 spiro atoms. The molecule has 2 nitrogen and oxygen atoms in total. The van der Waals surface area contributed by atoms with E-state index < -0.39 is 11.6 Å². The zero-order valence-corrected chi connectivity index (χ0v) is 11.0. The van der Waals surface area contributed by atoms with Crippen molar-refractivity contribution in [1.29, 1.82) is 0 Å². The summed E-state index contributed by atoms with van der Waals surface area (Å²) in [4.78, 5) is 11.9. The number of hydrogen-bond donors (Lipinski definition) is 0. The molecule has 0 aliphatic rings. The Balaban J connectivity index is 2.01. The van der Waals surface area contributed by atoms with Gasteiger partial charge in [-0.25, -0.2) is 8.78 Å². The van der Waals surface area contributed by atoms with Crippen LogP contribution in [0.15, 0.2) is 42.5 Å². The third-order valence-electron chi connectivity index (χ3n) is 2.96. The molecule has 0 saturated heterocycles. The number of hydrogen-bond acceptors (Lipinski definition) is 2. The van der Waals surface area contributed by atoms with Crippen molar-refractivity contribution in [2.75, 3.05) is 7.11 Å². The predicted molar refractivity (Wildman–Crippen MR) is 71.8 cm³/mol. The average molecular weight is 276 g/mol. The maximum atomic E-state index is 13.4. The number of carbonyl (C=O) groups is 1. The summed E-state index contributed by atoms with van der Waals surface area (Å²) in [5.41, 5.74) is 1.04. The molecule has 0 aromatic heterocycles. The maximum absolute atomic E-state index is 13.4. The van der Waals surface area contributed by atoms with Gasteiger partial charge in [-0.2, -0.15) is 0 Å². The Bertz CT molecular complexity index is 606. The Morgan fingerprint density at radius 2 is 1.75 bits per heavy atom. The molecule has 0 heterocycles. The molecule has 20 heavy (non-hydrogen) atoms. The van der Waals surface area contributed by atoms with Crippen LogP contribution in [0.4, 0.5) is 8.78 Å². The van der Waals surface area contributed by atoms with E-state index in [1.165, 1.54) is 6.07 Å². The molecule has 104 valence electrons. The average Bonchev–Trinajstić information content (AvgIpc) is 2.43. The molecule has 0 bridgehead atoms. The molecule has 0 saturated carbocycles. The van der Waals surface area contributed by atoms with Crippen LogP contribution in [0, 0.1) is 11.6 Å². The van der Waals surface area contributed by atoms with Crippen molar-refractivity contribution in [2.24, 2.45) is 0 Å². The molecule has 0 unspecified atom stereocenters. The normalized spacial score (nSPS) is 10.3. The van der Waals surface area contributed by atoms with Crippen LogP contribution >= 0.6 is 0 Å². The van der Waals surface area contributed by atoms with Gasteiger partial charge in [0.15, 0.2) is 0 Å². The Labute approximate surface area is 116 Å². The SMILES string of the molecule is COc1ccc(CC(=O)Cc2ccc(F)cc2F)cc1. The zero-order valence-electron chi connectivity index (χ0n) is 11.0. The second-order valence-electron chi connectivity index (χ2n) is 4.48. The maximum Gasteiger partial charge on any atom is 0.141 e. The van der Waals surface area contributed by atoms with Crippen molar-refractivity contribution in [3.8, 4) is 5.75 Å². The molecule has 0 aliphatic carbocycles. The second kappa shape index (κ2) is 6.28. The van der Waals surface area contributed by atoms with Gasteiger partial charge in [-0.3, -0.25) is 4.79 Å². The number of benzene rings is 2. The fraction of sp³-hybridized carbons (Fsp3) is 0.188. The summed E-state index contributed by atoms with van der Waals surface area (Å²) in [6.45, 7) is 0. The third kappa shape index (κ3) is 3.63. The highest BCUT2D eigenvalue weighted by Crippen LogP contribution is 2.14. The Morgan fingerprint density at radius 1 is 1.05 bits per heavy atom. The number of rotatable bonds is 5. The number of Topliss-reactive ketones (excluding diaryl/α,β-unsaturated/α-hetero) is 1. The van der Waals surface area contributed by atoms with Crippen LogP contribution in [0.3, 0.4) is 0 Å². The van der Waals surface area contributed by atoms with E-state index in [9.17, 15) is 13.6 Å². The molecule has 0 fully saturated rings. The van der Waals surface area contributed by atoms with Gasteiger partial charge in [0.05, 0.1) is 7.11 Å². The van der Waals surface area contributed by atoms with Crippen molar-refractivity contribution < 1.29 is 18.3 Å². The second-order valence-corrected chi connectivity index (χ2v) is 4.48. The summed E-state index contributed by atoms with van der Waals surface area (Å²) in [6, 6.07) is 10.4. The van der Waals surface area contributed by atoms with Gasteiger partial charge in [0, 0.05) is 18.9 Å². The molecule has 2 aromatic carbocycles. The van der Waals surface area contributed by atoms with Crippen LogP contribution in [-0.2, 0) is 17.6 Å². The molecule has 4 heteroatoms. The van der Waals surface area contributed by atoms with E-state index in [-0.39, 0.29) is 24.2 Å². The lowest BCUT2D eigenvalue weighted by Gasteiger charge is -2.05. The van der Waals surface area contributed by atoms with Crippen LogP contribution < -0.4 is 4.74 Å². The van der Waals surface area contributed by atoms with Crippen molar-refractivity contribution in [2.45, 2.75) is 12.8 Å². The van der Waals surface area contributed by atoms with E-state index in [1.54, 1.807) is 31.4 Å². The minimum Gasteiger partial charge on any atom is -0.497 e. The fourth-order valence-electron chi connectivity index (χ4n) is 1.91. The quantitative estimate of drug-likeness (QED) is 0.837. The van der Waals surface area contributed by atoms with Crippen molar-refractivity contribution in [3.05, 3.63) is 65.2 Å². The first-order valence-corrected chi connectivity index (χ1v) is 6.17. The molecule has 2 aromatic rings. The molecule has 0 N–H and O–H groups in total. The Hall–Kier alpha value is -2.23. The van der Waals surface area contributed by atoms with E-state index in [4.69, 9.17) is 4.74 Å². The first-order chi connectivity index (χ1) is 9.58. The van der Waals surface area contributed by atoms with Crippen LogP contribution in [0.5, 0.6) is 5.75 Å². The Morgan fingerprint density at radius 3 is 2.35 bits per heavy atom. The van der Waals surface area contributed by atoms with Crippen molar-refractivity contribution in [3.63, 3.8) is 0 Å².